The average Bonchev–Trinajstić information content (AvgIpc) is 3.50. The number of carbonyl (C=O) groups excluding carboxylic acids is 2. The first-order valence-corrected chi connectivity index (χ1v) is 14.1. The van der Waals surface area contributed by atoms with Crippen LogP contribution in [0, 0.1) is 0 Å². The predicted molar refractivity (Wildman–Crippen MR) is 170 cm³/mol. The number of esters is 2. The molecular formula is C31H32N10O5. The van der Waals surface area contributed by atoms with Gasteiger partial charge in [0.2, 0.25) is 5.95 Å². The molecule has 7 N–H and O–H groups in total. The summed E-state index contributed by atoms with van der Waals surface area (Å²) in [5, 5.41) is 10.9. The van der Waals surface area contributed by atoms with Crippen molar-refractivity contribution in [3.63, 3.8) is 0 Å². The summed E-state index contributed by atoms with van der Waals surface area (Å²) in [7, 11) is 1.30. The first-order chi connectivity index (χ1) is 22.0. The number of aromatic nitrogens is 6. The van der Waals surface area contributed by atoms with E-state index in [1.54, 1.807) is 45.9 Å². The summed E-state index contributed by atoms with van der Waals surface area (Å²) in [5.74, 6) is -1.27. The molecule has 3 aromatic heterocycles. The molecule has 1 atom stereocenters. The first-order valence-electron chi connectivity index (χ1n) is 14.1. The highest BCUT2D eigenvalue weighted by molar-refractivity contribution is 6.01. The Kier molecular flexibility index (Phi) is 8.75. The maximum Gasteiger partial charge on any atom is 0.337 e. The monoisotopic (exact) mass is 624 g/mol. The molecule has 0 bridgehead atoms. The number of nitrogens with two attached hydrogens (primary N) is 3. The van der Waals surface area contributed by atoms with Crippen LogP contribution >= 0.6 is 0 Å². The molecule has 0 aliphatic carbocycles. The summed E-state index contributed by atoms with van der Waals surface area (Å²) in [5.41, 5.74) is 22.7. The number of carbonyl (C=O) groups is 2. The van der Waals surface area contributed by atoms with Gasteiger partial charge < -0.3 is 32.0 Å². The van der Waals surface area contributed by atoms with Crippen LogP contribution in [0.15, 0.2) is 75.7 Å². The molecule has 4 heterocycles. The first kappa shape index (κ1) is 31.3. The zero-order chi connectivity index (χ0) is 33.1. The summed E-state index contributed by atoms with van der Waals surface area (Å²) < 4.78 is 15.3. The van der Waals surface area contributed by atoms with E-state index >= 15 is 0 Å². The number of dihydropyridines is 1. The van der Waals surface area contributed by atoms with E-state index in [2.05, 4.69) is 35.6 Å². The maximum atomic E-state index is 12.9. The molecule has 0 amide bonds. The Bertz CT molecular complexity index is 2020. The molecule has 2 aromatic carbocycles. The molecule has 1 aliphatic rings. The number of rotatable bonds is 5. The Morgan fingerprint density at radius 3 is 2.20 bits per heavy atom. The van der Waals surface area contributed by atoms with Crippen LogP contribution in [0.2, 0.25) is 0 Å². The van der Waals surface area contributed by atoms with Crippen molar-refractivity contribution < 1.29 is 23.7 Å². The van der Waals surface area contributed by atoms with Crippen LogP contribution in [0.5, 0.6) is 0 Å². The molecule has 0 radical (unpaired) electrons. The van der Waals surface area contributed by atoms with E-state index in [1.807, 2.05) is 30.3 Å². The van der Waals surface area contributed by atoms with E-state index in [0.717, 1.165) is 5.56 Å². The molecule has 0 saturated heterocycles. The Hall–Kier alpha value is -6.12. The van der Waals surface area contributed by atoms with Gasteiger partial charge in [-0.25, -0.2) is 24.2 Å². The lowest BCUT2D eigenvalue weighted by Gasteiger charge is -2.30. The fraction of sp³-hybridized carbons (Fsp3) is 0.226. The van der Waals surface area contributed by atoms with E-state index in [0.29, 0.717) is 56.0 Å². The lowest BCUT2D eigenvalue weighted by molar-refractivity contribution is -0.143. The quantitative estimate of drug-likeness (QED) is 0.205. The molecular weight excluding hydrogens is 592 g/mol. The van der Waals surface area contributed by atoms with Gasteiger partial charge >= 0.3 is 11.9 Å². The Balaban J connectivity index is 0.000000192. The highest BCUT2D eigenvalue weighted by atomic mass is 16.6. The van der Waals surface area contributed by atoms with Crippen molar-refractivity contribution in [2.75, 3.05) is 24.3 Å². The zero-order valence-corrected chi connectivity index (χ0v) is 25.7. The van der Waals surface area contributed by atoms with Crippen LogP contribution in [-0.4, -0.2) is 55.4 Å². The fourth-order valence-corrected chi connectivity index (χ4v) is 5.10. The molecule has 0 spiro atoms. The summed E-state index contributed by atoms with van der Waals surface area (Å²) in [6, 6.07) is 14.8. The number of nitrogens with zero attached hydrogens (tertiary/aromatic N) is 6. The van der Waals surface area contributed by atoms with Gasteiger partial charge in [0.15, 0.2) is 22.8 Å². The number of anilines is 3. The molecule has 1 unspecified atom stereocenters. The number of hydrogen-bond donors (Lipinski definition) is 4. The van der Waals surface area contributed by atoms with Crippen molar-refractivity contribution in [1.29, 1.82) is 0 Å². The van der Waals surface area contributed by atoms with Gasteiger partial charge in [-0.2, -0.15) is 9.97 Å². The lowest BCUT2D eigenvalue weighted by atomic mass is 9.80. The van der Waals surface area contributed by atoms with Crippen LogP contribution in [0.1, 0.15) is 39.2 Å². The van der Waals surface area contributed by atoms with Gasteiger partial charge in [0.1, 0.15) is 16.7 Å². The van der Waals surface area contributed by atoms with E-state index in [1.165, 1.54) is 7.11 Å². The zero-order valence-electron chi connectivity index (χ0n) is 25.7. The molecule has 0 saturated carbocycles. The topological polar surface area (TPSA) is 233 Å². The molecule has 236 valence electrons. The Morgan fingerprint density at radius 1 is 0.826 bits per heavy atom. The molecule has 6 rings (SSSR count). The third-order valence-corrected chi connectivity index (χ3v) is 7.01. The third kappa shape index (κ3) is 6.10. The minimum absolute atomic E-state index is 0.0474. The number of benzene rings is 2. The van der Waals surface area contributed by atoms with Crippen molar-refractivity contribution in [3.8, 4) is 11.3 Å². The number of nitrogens with one attached hydrogen (secondary N) is 1. The Morgan fingerprint density at radius 2 is 1.52 bits per heavy atom. The van der Waals surface area contributed by atoms with Gasteiger partial charge in [0.25, 0.3) is 0 Å². The van der Waals surface area contributed by atoms with Gasteiger partial charge in [-0.1, -0.05) is 42.5 Å². The minimum Gasteiger partial charge on any atom is -0.466 e. The van der Waals surface area contributed by atoms with Crippen molar-refractivity contribution in [2.45, 2.75) is 39.7 Å². The van der Waals surface area contributed by atoms with Crippen molar-refractivity contribution in [2.24, 2.45) is 0 Å². The standard InChI is InChI=1S/C19H21N3O5.C12H11N7/c1-9(2)26-19(24)15-11(4)20-10(3)14(18(23)25-5)16(15)12-7-6-8-13-17(12)22-27-21-13;13-9-7(6-4-2-1-3-5-6)16-8-10(14)18-12(15)19-11(8)17-9/h6-9,16,20H,1-5H3;1-5H,(H6,13,14,15,17,18,19). The third-order valence-electron chi connectivity index (χ3n) is 7.01. The maximum absolute atomic E-state index is 12.9. The molecule has 1 aliphatic heterocycles. The smallest absolute Gasteiger partial charge is 0.337 e. The summed E-state index contributed by atoms with van der Waals surface area (Å²) in [6.45, 7) is 7.06. The van der Waals surface area contributed by atoms with Crippen molar-refractivity contribution in [1.82, 2.24) is 35.6 Å². The van der Waals surface area contributed by atoms with Crippen LogP contribution in [0.3, 0.4) is 0 Å². The van der Waals surface area contributed by atoms with Gasteiger partial charge in [-0.3, -0.25) is 0 Å². The fourth-order valence-electron chi connectivity index (χ4n) is 5.10. The Labute approximate surface area is 262 Å². The minimum atomic E-state index is -0.722. The number of hydrogen-bond acceptors (Lipinski definition) is 15. The van der Waals surface area contributed by atoms with Crippen LogP contribution in [-0.2, 0) is 19.1 Å². The van der Waals surface area contributed by atoms with Crippen LogP contribution < -0.4 is 22.5 Å². The lowest BCUT2D eigenvalue weighted by Crippen LogP contribution is -2.33. The van der Waals surface area contributed by atoms with Gasteiger partial charge in [0, 0.05) is 17.0 Å². The summed E-state index contributed by atoms with van der Waals surface area (Å²) in [6.07, 6.45) is -0.309. The van der Waals surface area contributed by atoms with Gasteiger partial charge in [0.05, 0.1) is 30.3 Å². The largest absolute Gasteiger partial charge is 0.466 e. The van der Waals surface area contributed by atoms with Crippen LogP contribution in [0.4, 0.5) is 17.6 Å². The number of nitrogen functional groups attached to an aromatic ring is 3. The van der Waals surface area contributed by atoms with Crippen molar-refractivity contribution in [3.05, 3.63) is 76.6 Å². The van der Waals surface area contributed by atoms with E-state index in [9.17, 15) is 9.59 Å². The number of methoxy groups -OCH3 is 1. The normalized spacial score (nSPS) is 14.6. The molecule has 15 heteroatoms. The second kappa shape index (κ2) is 12.9. The summed E-state index contributed by atoms with van der Waals surface area (Å²) in [4.78, 5) is 41.9. The molecule has 5 aromatic rings. The highest BCUT2D eigenvalue weighted by Crippen LogP contribution is 2.41. The molecule has 15 nitrogen and oxygen atoms in total. The van der Waals surface area contributed by atoms with Crippen LogP contribution in [0.25, 0.3) is 33.5 Å². The SMILES string of the molecule is COC(=O)C1=C(C)NC(C)=C(C(=O)OC(C)C)C1c1cccc2nonc12.Nc1nc(N)c2nc(-c3ccccc3)c(N)nc2n1. The molecule has 0 fully saturated rings. The second-order valence-corrected chi connectivity index (χ2v) is 10.5. The van der Waals surface area contributed by atoms with Crippen molar-refractivity contribution >= 4 is 51.7 Å². The van der Waals surface area contributed by atoms with E-state index < -0.39 is 17.9 Å². The van der Waals surface area contributed by atoms with E-state index in [-0.39, 0.29) is 23.7 Å². The predicted octanol–water partition coefficient (Wildman–Crippen LogP) is 3.42. The highest BCUT2D eigenvalue weighted by Gasteiger charge is 2.39. The number of fused-ring (bicyclic) bond motifs is 2. The second-order valence-electron chi connectivity index (χ2n) is 10.5. The van der Waals surface area contributed by atoms with Gasteiger partial charge in [-0.05, 0) is 49.6 Å². The molecule has 46 heavy (non-hydrogen) atoms. The summed E-state index contributed by atoms with van der Waals surface area (Å²) >= 11 is 0. The van der Waals surface area contributed by atoms with Gasteiger partial charge in [-0.15, -0.1) is 0 Å². The number of ether oxygens (including phenoxy) is 2. The van der Waals surface area contributed by atoms with E-state index in [4.69, 9.17) is 31.3 Å². The number of allylic oxidation sites excluding steroid dienone is 2. The average molecular weight is 625 g/mol.